The van der Waals surface area contributed by atoms with Crippen molar-refractivity contribution < 1.29 is 13.9 Å². The Labute approximate surface area is 152 Å². The van der Waals surface area contributed by atoms with Crippen LogP contribution in [-0.2, 0) is 4.74 Å². The van der Waals surface area contributed by atoms with Gasteiger partial charge in [0.15, 0.2) is 0 Å². The van der Waals surface area contributed by atoms with Crippen LogP contribution in [0.4, 0.5) is 15.9 Å². The van der Waals surface area contributed by atoms with Crippen LogP contribution < -0.4 is 5.32 Å². The summed E-state index contributed by atoms with van der Waals surface area (Å²) in [6.07, 6.45) is 0. The molecule has 0 unspecified atom stereocenters. The van der Waals surface area contributed by atoms with Gasteiger partial charge in [0, 0.05) is 0 Å². The van der Waals surface area contributed by atoms with Crippen molar-refractivity contribution in [3.63, 3.8) is 0 Å². The van der Waals surface area contributed by atoms with Gasteiger partial charge in [-0.25, -0.2) is 19.2 Å². The highest BCUT2D eigenvalue weighted by Gasteiger charge is 2.21. The van der Waals surface area contributed by atoms with E-state index in [-0.39, 0.29) is 11.0 Å². The summed E-state index contributed by atoms with van der Waals surface area (Å²) < 4.78 is 18.3. The van der Waals surface area contributed by atoms with Gasteiger partial charge in [-0.3, -0.25) is 0 Å². The second-order valence-electron chi connectivity index (χ2n) is 5.33. The summed E-state index contributed by atoms with van der Waals surface area (Å²) in [5.74, 6) is 0.257. The molecular weight excluding hydrogens is 365 g/mol. The van der Waals surface area contributed by atoms with Crippen molar-refractivity contribution in [3.05, 3.63) is 45.3 Å². The molecular formula is C17H15ClFN3O2S. The zero-order valence-corrected chi connectivity index (χ0v) is 15.4. The summed E-state index contributed by atoms with van der Waals surface area (Å²) in [6, 6.07) is 4.07. The number of carbonyl (C=O) groups is 1. The number of anilines is 2. The number of hydrogen-bond acceptors (Lipinski definition) is 6. The van der Waals surface area contributed by atoms with Crippen LogP contribution in [0, 0.1) is 19.7 Å². The molecule has 1 aromatic carbocycles. The van der Waals surface area contributed by atoms with Crippen molar-refractivity contribution in [2.75, 3.05) is 11.9 Å². The van der Waals surface area contributed by atoms with Gasteiger partial charge in [-0.15, -0.1) is 11.3 Å². The lowest BCUT2D eigenvalue weighted by atomic mass is 10.2. The zero-order valence-electron chi connectivity index (χ0n) is 13.8. The van der Waals surface area contributed by atoms with Crippen LogP contribution in [0.5, 0.6) is 0 Å². The maximum absolute atomic E-state index is 13.2. The van der Waals surface area contributed by atoms with E-state index in [0.29, 0.717) is 33.6 Å². The number of benzene rings is 1. The minimum Gasteiger partial charge on any atom is -0.462 e. The summed E-state index contributed by atoms with van der Waals surface area (Å²) in [5.41, 5.74) is 1.25. The number of halogens is 2. The fourth-order valence-electron chi connectivity index (χ4n) is 2.45. The van der Waals surface area contributed by atoms with Gasteiger partial charge in [0.1, 0.15) is 27.2 Å². The van der Waals surface area contributed by atoms with E-state index in [1.165, 1.54) is 29.5 Å². The van der Waals surface area contributed by atoms with Gasteiger partial charge in [0.05, 0.1) is 22.7 Å². The predicted molar refractivity (Wildman–Crippen MR) is 97.5 cm³/mol. The second kappa shape index (κ2) is 6.93. The van der Waals surface area contributed by atoms with E-state index in [4.69, 9.17) is 16.3 Å². The van der Waals surface area contributed by atoms with E-state index in [1.807, 2.05) is 6.92 Å². The first-order chi connectivity index (χ1) is 11.9. The van der Waals surface area contributed by atoms with Crippen LogP contribution in [0.3, 0.4) is 0 Å². The highest BCUT2D eigenvalue weighted by Crippen LogP contribution is 2.36. The molecule has 2 aromatic heterocycles. The second-order valence-corrected chi connectivity index (χ2v) is 6.73. The topological polar surface area (TPSA) is 64.1 Å². The van der Waals surface area contributed by atoms with Gasteiger partial charge in [0.25, 0.3) is 0 Å². The van der Waals surface area contributed by atoms with Crippen LogP contribution in [0.1, 0.15) is 28.0 Å². The number of thiophene rings is 1. The standard InChI is InChI=1S/C17H15ClFN3O2S/c1-4-24-17(23)14-8(2)13-15(20-9(3)21-16(13)25-14)22-12-6-5-10(19)7-11(12)18/h5-7H,4H2,1-3H3,(H,20,21,22). The molecule has 0 aliphatic heterocycles. The maximum atomic E-state index is 13.2. The third kappa shape index (κ3) is 3.43. The number of nitrogens with zero attached hydrogens (tertiary/aromatic N) is 2. The van der Waals surface area contributed by atoms with E-state index in [9.17, 15) is 9.18 Å². The molecule has 0 amide bonds. The van der Waals surface area contributed by atoms with Gasteiger partial charge in [-0.2, -0.15) is 0 Å². The Morgan fingerprint density at radius 2 is 2.12 bits per heavy atom. The number of nitrogens with one attached hydrogen (secondary N) is 1. The highest BCUT2D eigenvalue weighted by molar-refractivity contribution is 7.20. The van der Waals surface area contributed by atoms with Crippen LogP contribution in [0.15, 0.2) is 18.2 Å². The SMILES string of the molecule is CCOC(=O)c1sc2nc(C)nc(Nc3ccc(F)cc3Cl)c2c1C. The van der Waals surface area contributed by atoms with Crippen molar-refractivity contribution in [2.24, 2.45) is 0 Å². The molecule has 1 N–H and O–H groups in total. The first kappa shape index (κ1) is 17.6. The summed E-state index contributed by atoms with van der Waals surface area (Å²) in [5, 5.41) is 4.07. The third-order valence-corrected chi connectivity index (χ3v) is 5.03. The van der Waals surface area contributed by atoms with E-state index in [0.717, 1.165) is 10.9 Å². The molecule has 0 aliphatic carbocycles. The molecule has 8 heteroatoms. The zero-order chi connectivity index (χ0) is 18.1. The highest BCUT2D eigenvalue weighted by atomic mass is 35.5. The van der Waals surface area contributed by atoms with Crippen molar-refractivity contribution >= 4 is 50.6 Å². The number of fused-ring (bicyclic) bond motifs is 1. The molecule has 0 saturated carbocycles. The van der Waals surface area contributed by atoms with E-state index in [2.05, 4.69) is 15.3 Å². The number of rotatable bonds is 4. The van der Waals surface area contributed by atoms with Crippen LogP contribution >= 0.6 is 22.9 Å². The maximum Gasteiger partial charge on any atom is 0.348 e. The third-order valence-electron chi connectivity index (χ3n) is 3.55. The Morgan fingerprint density at radius 1 is 1.36 bits per heavy atom. The number of aryl methyl sites for hydroxylation is 2. The minimum atomic E-state index is -0.420. The largest absolute Gasteiger partial charge is 0.462 e. The quantitative estimate of drug-likeness (QED) is 0.645. The summed E-state index contributed by atoms with van der Waals surface area (Å²) >= 11 is 7.35. The Morgan fingerprint density at radius 3 is 2.80 bits per heavy atom. The van der Waals surface area contributed by atoms with Gasteiger partial charge in [-0.1, -0.05) is 11.6 Å². The smallest absolute Gasteiger partial charge is 0.348 e. The molecule has 3 rings (SSSR count). The molecule has 0 aliphatic rings. The van der Waals surface area contributed by atoms with Crippen molar-refractivity contribution in [2.45, 2.75) is 20.8 Å². The predicted octanol–water partition coefficient (Wildman–Crippen LogP) is 5.02. The molecule has 3 aromatic rings. The first-order valence-corrected chi connectivity index (χ1v) is 8.77. The van der Waals surface area contributed by atoms with Crippen molar-refractivity contribution in [3.8, 4) is 0 Å². The molecule has 0 spiro atoms. The fourth-order valence-corrected chi connectivity index (χ4v) is 3.78. The average molecular weight is 380 g/mol. The number of ether oxygens (including phenoxy) is 1. The molecule has 0 radical (unpaired) electrons. The number of esters is 1. The van der Waals surface area contributed by atoms with Gasteiger partial charge in [0.2, 0.25) is 0 Å². The number of carbonyl (C=O) groups excluding carboxylic acids is 1. The normalized spacial score (nSPS) is 10.9. The molecule has 130 valence electrons. The molecule has 0 atom stereocenters. The monoisotopic (exact) mass is 379 g/mol. The van der Waals surface area contributed by atoms with E-state index in [1.54, 1.807) is 13.8 Å². The minimum absolute atomic E-state index is 0.239. The van der Waals surface area contributed by atoms with Crippen LogP contribution in [-0.4, -0.2) is 22.5 Å². The van der Waals surface area contributed by atoms with E-state index >= 15 is 0 Å². The van der Waals surface area contributed by atoms with Gasteiger partial charge >= 0.3 is 5.97 Å². The Bertz CT molecular complexity index is 974. The van der Waals surface area contributed by atoms with Gasteiger partial charge in [-0.05, 0) is 44.5 Å². The molecule has 0 bridgehead atoms. The lowest BCUT2D eigenvalue weighted by molar-refractivity contribution is 0.0531. The number of aromatic nitrogens is 2. The van der Waals surface area contributed by atoms with Gasteiger partial charge < -0.3 is 10.1 Å². The summed E-state index contributed by atoms with van der Waals surface area (Å²) in [7, 11) is 0. The van der Waals surface area contributed by atoms with Crippen LogP contribution in [0.2, 0.25) is 5.02 Å². The fraction of sp³-hybridized carbons (Fsp3) is 0.235. The van der Waals surface area contributed by atoms with Crippen molar-refractivity contribution in [1.29, 1.82) is 0 Å². The number of hydrogen-bond donors (Lipinski definition) is 1. The molecule has 0 fully saturated rings. The Balaban J connectivity index is 2.12. The van der Waals surface area contributed by atoms with Crippen LogP contribution in [0.25, 0.3) is 10.2 Å². The van der Waals surface area contributed by atoms with E-state index < -0.39 is 5.82 Å². The lowest BCUT2D eigenvalue weighted by Crippen LogP contribution is -2.04. The van der Waals surface area contributed by atoms with Crippen molar-refractivity contribution in [1.82, 2.24) is 9.97 Å². The first-order valence-electron chi connectivity index (χ1n) is 7.57. The molecule has 0 saturated heterocycles. The molecule has 25 heavy (non-hydrogen) atoms. The molecule has 2 heterocycles. The molecule has 5 nitrogen and oxygen atoms in total. The lowest BCUT2D eigenvalue weighted by Gasteiger charge is -2.10. The Hall–Kier alpha value is -2.25. The Kier molecular flexibility index (Phi) is 4.87. The summed E-state index contributed by atoms with van der Waals surface area (Å²) in [4.78, 5) is 22.1. The summed E-state index contributed by atoms with van der Waals surface area (Å²) in [6.45, 7) is 5.64. The average Bonchev–Trinajstić information content (AvgIpc) is 2.87.